The van der Waals surface area contributed by atoms with E-state index < -0.39 is 36.1 Å². The highest BCUT2D eigenvalue weighted by Crippen LogP contribution is 2.56. The molecule has 4 atom stereocenters. The highest BCUT2D eigenvalue weighted by Gasteiger charge is 2.54. The molecule has 4 rings (SSSR count). The molecule has 0 aromatic heterocycles. The summed E-state index contributed by atoms with van der Waals surface area (Å²) in [4.78, 5) is 27.3. The van der Waals surface area contributed by atoms with Crippen LogP contribution in [0.5, 0.6) is 0 Å². The van der Waals surface area contributed by atoms with Crippen LogP contribution in [0.15, 0.2) is 96.2 Å². The number of carboxylic acid groups (broad SMARTS) is 1. The van der Waals surface area contributed by atoms with E-state index in [1.807, 2.05) is 81.4 Å². The van der Waals surface area contributed by atoms with Crippen molar-refractivity contribution in [1.29, 1.82) is 0 Å². The third-order valence-electron chi connectivity index (χ3n) is 7.96. The van der Waals surface area contributed by atoms with E-state index in [1.165, 1.54) is 12.1 Å². The van der Waals surface area contributed by atoms with Crippen molar-refractivity contribution < 1.29 is 29.3 Å². The zero-order chi connectivity index (χ0) is 30.4. The normalized spacial score (nSPS) is 20.1. The third-order valence-corrected chi connectivity index (χ3v) is 7.96. The maximum atomic E-state index is 14.3. The summed E-state index contributed by atoms with van der Waals surface area (Å²) in [5.41, 5.74) is 2.86. The van der Waals surface area contributed by atoms with Gasteiger partial charge in [-0.2, -0.15) is 0 Å². The number of allylic oxidation sites excluding steroid dienone is 1. The van der Waals surface area contributed by atoms with Crippen molar-refractivity contribution in [3.63, 3.8) is 0 Å². The van der Waals surface area contributed by atoms with Crippen LogP contribution in [0.4, 0.5) is 10.1 Å². The molecule has 1 heterocycles. The number of aliphatic carboxylic acids is 1. The van der Waals surface area contributed by atoms with E-state index in [-0.39, 0.29) is 30.5 Å². The van der Waals surface area contributed by atoms with E-state index >= 15 is 0 Å². The van der Waals surface area contributed by atoms with Crippen LogP contribution in [0.3, 0.4) is 0 Å². The maximum Gasteiger partial charge on any atom is 0.254 e. The molecule has 3 aromatic carbocycles. The Hall–Kier alpha value is -4.01. The first-order valence-electron chi connectivity index (χ1n) is 14.3. The molecule has 42 heavy (non-hydrogen) atoms. The van der Waals surface area contributed by atoms with Crippen molar-refractivity contribution in [2.24, 2.45) is 5.92 Å². The molecule has 1 aliphatic heterocycles. The van der Waals surface area contributed by atoms with E-state index in [1.54, 1.807) is 12.1 Å². The monoisotopic (exact) mass is 573 g/mol. The molecule has 222 valence electrons. The van der Waals surface area contributed by atoms with E-state index in [0.29, 0.717) is 17.8 Å². The van der Waals surface area contributed by atoms with Crippen LogP contribution in [-0.4, -0.2) is 45.7 Å². The molecule has 7 nitrogen and oxygen atoms in total. The molecule has 3 N–H and O–H groups in total. The lowest BCUT2D eigenvalue weighted by molar-refractivity contribution is -0.307. The fourth-order valence-electron chi connectivity index (χ4n) is 6.17. The van der Waals surface area contributed by atoms with Crippen molar-refractivity contribution >= 4 is 17.6 Å². The van der Waals surface area contributed by atoms with Gasteiger partial charge in [-0.3, -0.25) is 4.79 Å². The summed E-state index contributed by atoms with van der Waals surface area (Å²) in [6.07, 6.45) is -2.71. The van der Waals surface area contributed by atoms with Gasteiger partial charge in [0, 0.05) is 41.3 Å². The van der Waals surface area contributed by atoms with E-state index in [9.17, 15) is 29.3 Å². The lowest BCUT2D eigenvalue weighted by Crippen LogP contribution is -2.39. The van der Waals surface area contributed by atoms with Gasteiger partial charge < -0.3 is 30.3 Å². The minimum absolute atomic E-state index is 0.101. The number of hydrogen-bond acceptors (Lipinski definition) is 6. The lowest BCUT2D eigenvalue weighted by atomic mass is 9.69. The average molecular weight is 574 g/mol. The number of rotatable bonds is 12. The van der Waals surface area contributed by atoms with E-state index in [2.05, 4.69) is 10.2 Å². The summed E-state index contributed by atoms with van der Waals surface area (Å²) in [6.45, 7) is 6.35. The number of para-hydroxylation sites is 1. The molecule has 1 aliphatic rings. The van der Waals surface area contributed by atoms with Crippen LogP contribution in [0, 0.1) is 11.7 Å². The number of benzene rings is 3. The number of nitrogens with zero attached hydrogens (tertiary/aromatic N) is 1. The Morgan fingerprint density at radius 2 is 1.55 bits per heavy atom. The molecular weight excluding hydrogens is 535 g/mol. The van der Waals surface area contributed by atoms with Crippen molar-refractivity contribution in [2.45, 2.75) is 63.7 Å². The predicted molar refractivity (Wildman–Crippen MR) is 157 cm³/mol. The molecule has 0 bridgehead atoms. The Morgan fingerprint density at radius 1 is 0.952 bits per heavy atom. The molecular formula is C34H38FN2O5-. The average Bonchev–Trinajstić information content (AvgIpc) is 3.22. The largest absolute Gasteiger partial charge is 0.550 e. The van der Waals surface area contributed by atoms with E-state index in [4.69, 9.17) is 0 Å². The van der Waals surface area contributed by atoms with Gasteiger partial charge in [-0.25, -0.2) is 4.39 Å². The lowest BCUT2D eigenvalue weighted by Gasteiger charge is -2.40. The Kier molecular flexibility index (Phi) is 9.81. The number of carbonyl (C=O) groups excluding carboxylic acids is 2. The molecule has 0 saturated carbocycles. The van der Waals surface area contributed by atoms with Gasteiger partial charge in [-0.15, -0.1) is 0 Å². The molecule has 0 aliphatic carbocycles. The van der Waals surface area contributed by atoms with Crippen molar-refractivity contribution in [1.82, 2.24) is 4.90 Å². The summed E-state index contributed by atoms with van der Waals surface area (Å²) in [5.74, 6) is -2.11. The molecule has 0 fully saturated rings. The van der Waals surface area contributed by atoms with Crippen molar-refractivity contribution in [3.8, 4) is 0 Å². The molecule has 3 aromatic rings. The Balaban J connectivity index is 1.84. The topological polar surface area (TPSA) is 113 Å². The number of amides is 1. The second-order valence-electron chi connectivity index (χ2n) is 11.4. The van der Waals surface area contributed by atoms with Gasteiger partial charge in [0.2, 0.25) is 0 Å². The molecule has 2 unspecified atom stereocenters. The number of aliphatic hydroxyl groups is 2. The summed E-state index contributed by atoms with van der Waals surface area (Å²) in [6, 6.07) is 24.8. The summed E-state index contributed by atoms with van der Waals surface area (Å²) in [7, 11) is 0. The van der Waals surface area contributed by atoms with Crippen molar-refractivity contribution in [3.05, 3.63) is 113 Å². The number of carbonyl (C=O) groups is 2. The number of nitrogens with one attached hydrogen (secondary N) is 1. The number of hydrogen-bond donors (Lipinski definition) is 3. The highest BCUT2D eigenvalue weighted by atomic mass is 19.1. The Morgan fingerprint density at radius 3 is 2.12 bits per heavy atom. The second kappa shape index (κ2) is 13.3. The SMILES string of the molecule is CC(C)C1=C(C(=O)Nc2ccccc2)C(C)(c2ccccc2)C(c2ccc(F)cc2)N1CC[C@@H](O)C[C@@H](O)CC(=O)[O-]. The predicted octanol–water partition coefficient (Wildman–Crippen LogP) is 4.33. The number of aliphatic hydroxyl groups excluding tert-OH is 2. The highest BCUT2D eigenvalue weighted by molar-refractivity contribution is 6.07. The Bertz CT molecular complexity index is 1390. The smallest absolute Gasteiger partial charge is 0.254 e. The first kappa shape index (κ1) is 30.9. The summed E-state index contributed by atoms with van der Waals surface area (Å²) in [5, 5.41) is 34.8. The van der Waals surface area contributed by atoms with Gasteiger partial charge in [0.15, 0.2) is 0 Å². The fraction of sp³-hybridized carbons (Fsp3) is 0.353. The van der Waals surface area contributed by atoms with Crippen LogP contribution in [0.1, 0.15) is 57.2 Å². The molecule has 0 saturated heterocycles. The minimum Gasteiger partial charge on any atom is -0.550 e. The van der Waals surface area contributed by atoms with Gasteiger partial charge in [0.25, 0.3) is 5.91 Å². The fourth-order valence-corrected chi connectivity index (χ4v) is 6.17. The number of halogens is 1. The van der Waals surface area contributed by atoms with Crippen molar-refractivity contribution in [2.75, 3.05) is 11.9 Å². The quantitative estimate of drug-likeness (QED) is 0.297. The summed E-state index contributed by atoms with van der Waals surface area (Å²) < 4.78 is 14.1. The summed E-state index contributed by atoms with van der Waals surface area (Å²) >= 11 is 0. The van der Waals surface area contributed by atoms with Gasteiger partial charge >= 0.3 is 0 Å². The van der Waals surface area contributed by atoms with Gasteiger partial charge in [0.1, 0.15) is 5.82 Å². The first-order chi connectivity index (χ1) is 20.0. The molecule has 1 amide bonds. The van der Waals surface area contributed by atoms with Crippen LogP contribution in [-0.2, 0) is 15.0 Å². The number of anilines is 1. The maximum absolute atomic E-state index is 14.3. The standard InChI is InChI=1S/C34H39FN2O5/c1-22(2)31-30(33(42)36-26-12-8-5-9-13-26)34(3,24-10-6-4-7-11-24)32(23-14-16-25(35)17-15-23)37(31)19-18-27(38)20-28(39)21-29(40)41/h4-17,22,27-28,32,38-39H,18-21H2,1-3H3,(H,36,42)(H,40,41)/p-1/t27-,28-,32?,34?/m1/s1. The molecule has 0 radical (unpaired) electrons. The molecule has 8 heteroatoms. The second-order valence-corrected chi connectivity index (χ2v) is 11.4. The van der Waals surface area contributed by atoms with Crippen LogP contribution in [0.25, 0.3) is 0 Å². The van der Waals surface area contributed by atoms with Gasteiger partial charge in [-0.05, 0) is 61.1 Å². The van der Waals surface area contributed by atoms with Crippen LogP contribution in [0.2, 0.25) is 0 Å². The van der Waals surface area contributed by atoms with Crippen LogP contribution >= 0.6 is 0 Å². The zero-order valence-electron chi connectivity index (χ0n) is 24.2. The van der Waals surface area contributed by atoms with Gasteiger partial charge in [-0.1, -0.05) is 74.5 Å². The van der Waals surface area contributed by atoms with E-state index in [0.717, 1.165) is 16.8 Å². The molecule has 0 spiro atoms. The zero-order valence-corrected chi connectivity index (χ0v) is 24.2. The number of carboxylic acids is 1. The van der Waals surface area contributed by atoms with Crippen LogP contribution < -0.4 is 10.4 Å². The first-order valence-corrected chi connectivity index (χ1v) is 14.3. The third kappa shape index (κ3) is 6.72. The minimum atomic E-state index is -1.39. The van der Waals surface area contributed by atoms with Gasteiger partial charge in [0.05, 0.1) is 18.2 Å². The Labute approximate surface area is 246 Å².